The third-order valence-electron chi connectivity index (χ3n) is 3.40. The fourth-order valence-electron chi connectivity index (χ4n) is 2.30. The Morgan fingerprint density at radius 3 is 2.45 bits per heavy atom. The van der Waals surface area contributed by atoms with Gasteiger partial charge in [0.2, 0.25) is 0 Å². The third-order valence-corrected chi connectivity index (χ3v) is 4.80. The van der Waals surface area contributed by atoms with Crippen LogP contribution in [-0.4, -0.2) is 5.33 Å². The fraction of sp³-hybridized carbons (Fsp3) is 0.250. The standard InChI is InChI=1S/C16H14Br2F2/c1-10-4-2-3-5-12(10)11(9-17)8-13-15(19)7-6-14(18)16(13)20/h2-7,11H,8-9H2,1H3. The molecule has 0 saturated heterocycles. The van der Waals surface area contributed by atoms with Gasteiger partial charge in [0, 0.05) is 10.9 Å². The maximum atomic E-state index is 14.1. The molecule has 0 aliphatic carbocycles. The first kappa shape index (κ1) is 15.6. The fourth-order valence-corrected chi connectivity index (χ4v) is 3.24. The Labute approximate surface area is 134 Å². The van der Waals surface area contributed by atoms with Crippen molar-refractivity contribution in [3.8, 4) is 0 Å². The number of alkyl halides is 1. The van der Waals surface area contributed by atoms with Crippen LogP contribution in [0.2, 0.25) is 0 Å². The topological polar surface area (TPSA) is 0 Å². The minimum absolute atomic E-state index is 0.0366. The molecule has 0 fully saturated rings. The first-order chi connectivity index (χ1) is 9.54. The van der Waals surface area contributed by atoms with E-state index in [1.54, 1.807) is 0 Å². The van der Waals surface area contributed by atoms with Crippen molar-refractivity contribution in [1.82, 2.24) is 0 Å². The molecule has 0 spiro atoms. The molecule has 4 heteroatoms. The van der Waals surface area contributed by atoms with Gasteiger partial charge in [-0.3, -0.25) is 0 Å². The SMILES string of the molecule is Cc1ccccc1C(CBr)Cc1c(F)ccc(Br)c1F. The van der Waals surface area contributed by atoms with Crippen LogP contribution in [0.5, 0.6) is 0 Å². The molecule has 2 rings (SSSR count). The molecule has 2 aromatic carbocycles. The molecule has 0 N–H and O–H groups in total. The molecule has 0 radical (unpaired) electrons. The zero-order chi connectivity index (χ0) is 14.7. The van der Waals surface area contributed by atoms with Crippen molar-refractivity contribution >= 4 is 31.9 Å². The molecule has 0 amide bonds. The number of rotatable bonds is 4. The zero-order valence-electron chi connectivity index (χ0n) is 11.0. The lowest BCUT2D eigenvalue weighted by Crippen LogP contribution is -2.09. The van der Waals surface area contributed by atoms with Crippen molar-refractivity contribution in [2.75, 3.05) is 5.33 Å². The summed E-state index contributed by atoms with van der Waals surface area (Å²) in [4.78, 5) is 0. The maximum Gasteiger partial charge on any atom is 0.143 e. The van der Waals surface area contributed by atoms with Crippen LogP contribution in [0.3, 0.4) is 0 Å². The highest BCUT2D eigenvalue weighted by atomic mass is 79.9. The lowest BCUT2D eigenvalue weighted by atomic mass is 9.90. The second-order valence-electron chi connectivity index (χ2n) is 4.73. The Morgan fingerprint density at radius 2 is 1.80 bits per heavy atom. The number of hydrogen-bond acceptors (Lipinski definition) is 0. The monoisotopic (exact) mass is 402 g/mol. The Hall–Kier alpha value is -0.740. The average molecular weight is 404 g/mol. The molecule has 0 saturated carbocycles. The van der Waals surface area contributed by atoms with Crippen LogP contribution in [0.4, 0.5) is 8.78 Å². The van der Waals surface area contributed by atoms with E-state index in [9.17, 15) is 8.78 Å². The molecule has 20 heavy (non-hydrogen) atoms. The Balaban J connectivity index is 2.37. The highest BCUT2D eigenvalue weighted by Crippen LogP contribution is 2.30. The highest BCUT2D eigenvalue weighted by molar-refractivity contribution is 9.10. The molecule has 0 heterocycles. The van der Waals surface area contributed by atoms with Gasteiger partial charge in [-0.1, -0.05) is 40.2 Å². The minimum Gasteiger partial charge on any atom is -0.207 e. The minimum atomic E-state index is -0.510. The van der Waals surface area contributed by atoms with E-state index in [2.05, 4.69) is 31.9 Å². The lowest BCUT2D eigenvalue weighted by molar-refractivity contribution is 0.540. The van der Waals surface area contributed by atoms with E-state index in [1.807, 2.05) is 31.2 Å². The van der Waals surface area contributed by atoms with Crippen LogP contribution in [0.1, 0.15) is 22.6 Å². The molecular formula is C16H14Br2F2. The lowest BCUT2D eigenvalue weighted by Gasteiger charge is -2.18. The maximum absolute atomic E-state index is 14.1. The van der Waals surface area contributed by atoms with Crippen molar-refractivity contribution in [2.24, 2.45) is 0 Å². The molecular weight excluding hydrogens is 390 g/mol. The summed E-state index contributed by atoms with van der Waals surface area (Å²) in [6.07, 6.45) is 0.327. The number of hydrogen-bond donors (Lipinski definition) is 0. The quantitative estimate of drug-likeness (QED) is 0.449. The van der Waals surface area contributed by atoms with E-state index < -0.39 is 11.6 Å². The second kappa shape index (κ2) is 6.81. The van der Waals surface area contributed by atoms with E-state index >= 15 is 0 Å². The summed E-state index contributed by atoms with van der Waals surface area (Å²) in [6, 6.07) is 10.6. The summed E-state index contributed by atoms with van der Waals surface area (Å²) in [5.74, 6) is -0.968. The van der Waals surface area contributed by atoms with E-state index in [1.165, 1.54) is 12.1 Å². The molecule has 106 valence electrons. The molecule has 1 atom stereocenters. The van der Waals surface area contributed by atoms with Crippen molar-refractivity contribution in [2.45, 2.75) is 19.3 Å². The first-order valence-electron chi connectivity index (χ1n) is 6.28. The summed E-state index contributed by atoms with van der Waals surface area (Å²) in [6.45, 7) is 2.01. The smallest absolute Gasteiger partial charge is 0.143 e. The largest absolute Gasteiger partial charge is 0.207 e. The van der Waals surface area contributed by atoms with E-state index in [0.29, 0.717) is 16.2 Å². The van der Waals surface area contributed by atoms with Crippen molar-refractivity contribution in [3.63, 3.8) is 0 Å². The van der Waals surface area contributed by atoms with Gasteiger partial charge < -0.3 is 0 Å². The average Bonchev–Trinajstić information content (AvgIpc) is 2.45. The third kappa shape index (κ3) is 3.29. The molecule has 2 aromatic rings. The van der Waals surface area contributed by atoms with Gasteiger partial charge in [0.25, 0.3) is 0 Å². The molecule has 0 bridgehead atoms. The van der Waals surface area contributed by atoms with Gasteiger partial charge in [-0.15, -0.1) is 0 Å². The Morgan fingerprint density at radius 1 is 1.10 bits per heavy atom. The Bertz CT molecular complexity index is 611. The molecule has 0 aromatic heterocycles. The van der Waals surface area contributed by atoms with Gasteiger partial charge >= 0.3 is 0 Å². The van der Waals surface area contributed by atoms with Crippen molar-refractivity contribution < 1.29 is 8.78 Å². The number of aryl methyl sites for hydroxylation is 1. The van der Waals surface area contributed by atoms with Gasteiger partial charge in [-0.05, 0) is 58.5 Å². The van der Waals surface area contributed by atoms with Crippen LogP contribution in [-0.2, 0) is 6.42 Å². The highest BCUT2D eigenvalue weighted by Gasteiger charge is 2.19. The van der Waals surface area contributed by atoms with Crippen LogP contribution in [0.15, 0.2) is 40.9 Å². The van der Waals surface area contributed by atoms with Crippen LogP contribution in [0, 0.1) is 18.6 Å². The summed E-state index contributed by atoms with van der Waals surface area (Å²) in [7, 11) is 0. The molecule has 0 nitrogen and oxygen atoms in total. The van der Waals surface area contributed by atoms with Crippen molar-refractivity contribution in [3.05, 3.63) is 69.2 Å². The number of halogens is 4. The predicted octanol–water partition coefficient (Wildman–Crippen LogP) is 5.76. The van der Waals surface area contributed by atoms with E-state index in [-0.39, 0.29) is 11.5 Å². The summed E-state index contributed by atoms with van der Waals surface area (Å²) >= 11 is 6.56. The van der Waals surface area contributed by atoms with E-state index in [0.717, 1.165) is 11.1 Å². The first-order valence-corrected chi connectivity index (χ1v) is 8.20. The molecule has 0 aliphatic rings. The number of benzene rings is 2. The Kier molecular flexibility index (Phi) is 5.33. The van der Waals surface area contributed by atoms with Gasteiger partial charge in [-0.2, -0.15) is 0 Å². The van der Waals surface area contributed by atoms with Crippen LogP contribution >= 0.6 is 31.9 Å². The van der Waals surface area contributed by atoms with Crippen LogP contribution < -0.4 is 0 Å². The summed E-state index contributed by atoms with van der Waals surface area (Å²) in [5, 5.41) is 0.656. The van der Waals surface area contributed by atoms with Gasteiger partial charge in [-0.25, -0.2) is 8.78 Å². The van der Waals surface area contributed by atoms with Gasteiger partial charge in [0.05, 0.1) is 4.47 Å². The van der Waals surface area contributed by atoms with Crippen molar-refractivity contribution in [1.29, 1.82) is 0 Å². The summed E-state index contributed by atoms with van der Waals surface area (Å²) in [5.41, 5.74) is 2.38. The van der Waals surface area contributed by atoms with Gasteiger partial charge in [0.1, 0.15) is 11.6 Å². The molecule has 0 aliphatic heterocycles. The predicted molar refractivity (Wildman–Crippen MR) is 85.5 cm³/mol. The summed E-state index contributed by atoms with van der Waals surface area (Å²) < 4.78 is 28.2. The molecule has 1 unspecified atom stereocenters. The zero-order valence-corrected chi connectivity index (χ0v) is 14.1. The van der Waals surface area contributed by atoms with E-state index in [4.69, 9.17) is 0 Å². The van der Waals surface area contributed by atoms with Gasteiger partial charge in [0.15, 0.2) is 0 Å². The second-order valence-corrected chi connectivity index (χ2v) is 6.24. The van der Waals surface area contributed by atoms with Crippen LogP contribution in [0.25, 0.3) is 0 Å². The normalized spacial score (nSPS) is 12.4.